The average Bonchev–Trinajstić information content (AvgIpc) is 2.49. The van der Waals surface area contributed by atoms with Crippen LogP contribution in [-0.4, -0.2) is 10.5 Å². The Morgan fingerprint density at radius 2 is 1.29 bits per heavy atom. The Labute approximate surface area is 133 Å². The first-order valence-electron chi connectivity index (χ1n) is 6.51. The molecule has 2 aromatic rings. The van der Waals surface area contributed by atoms with Crippen LogP contribution in [0.3, 0.4) is 0 Å². The molecule has 0 amide bonds. The van der Waals surface area contributed by atoms with E-state index >= 15 is 0 Å². The molecule has 0 spiro atoms. The summed E-state index contributed by atoms with van der Waals surface area (Å²) in [5, 5.41) is -1.55. The van der Waals surface area contributed by atoms with Crippen LogP contribution >= 0.6 is 23.2 Å². The van der Waals surface area contributed by atoms with Gasteiger partial charge in [-0.1, -0.05) is 67.6 Å². The van der Waals surface area contributed by atoms with Gasteiger partial charge in [0.1, 0.15) is 5.41 Å². The van der Waals surface area contributed by atoms with Crippen molar-refractivity contribution in [2.45, 2.75) is 18.3 Å². The monoisotopic (exact) mass is 320 g/mol. The Kier molecular flexibility index (Phi) is 4.81. The van der Waals surface area contributed by atoms with Crippen LogP contribution in [0.25, 0.3) is 0 Å². The molecule has 1 atom stereocenters. The Hall–Kier alpha value is -1.64. The highest BCUT2D eigenvalue weighted by molar-refractivity contribution is 6.76. The molecule has 0 aliphatic rings. The minimum atomic E-state index is -1.59. The molecule has 0 N–H and O–H groups in total. The maximum absolute atomic E-state index is 12.2. The number of hydrogen-bond acceptors (Lipinski definition) is 2. The van der Waals surface area contributed by atoms with Gasteiger partial charge in [0, 0.05) is 5.92 Å². The topological polar surface area (TPSA) is 34.1 Å². The highest BCUT2D eigenvalue weighted by atomic mass is 35.5. The second kappa shape index (κ2) is 6.42. The molecule has 0 heterocycles. The molecule has 0 saturated carbocycles. The third kappa shape index (κ3) is 2.74. The molecule has 1 unspecified atom stereocenters. The first-order valence-corrected chi connectivity index (χ1v) is 7.27. The summed E-state index contributed by atoms with van der Waals surface area (Å²) in [5.74, 6) is -0.476. The summed E-state index contributed by atoms with van der Waals surface area (Å²) in [7, 11) is 0. The lowest BCUT2D eigenvalue weighted by Gasteiger charge is -2.33. The van der Waals surface area contributed by atoms with Crippen molar-refractivity contribution < 1.29 is 9.59 Å². The van der Waals surface area contributed by atoms with Gasteiger partial charge in [-0.05, 0) is 34.3 Å². The predicted octanol–water partition coefficient (Wildman–Crippen LogP) is 4.26. The smallest absolute Gasteiger partial charge is 0.241 e. The van der Waals surface area contributed by atoms with Crippen molar-refractivity contribution in [3.8, 4) is 0 Å². The molecule has 21 heavy (non-hydrogen) atoms. The number of carbonyl (C=O) groups is 2. The van der Waals surface area contributed by atoms with Gasteiger partial charge in [0.15, 0.2) is 0 Å². The predicted molar refractivity (Wildman–Crippen MR) is 84.7 cm³/mol. The van der Waals surface area contributed by atoms with Crippen LogP contribution in [-0.2, 0) is 15.0 Å². The Bertz CT molecular complexity index is 624. The molecule has 2 aromatic carbocycles. The maximum atomic E-state index is 12.2. The van der Waals surface area contributed by atoms with Gasteiger partial charge in [0.2, 0.25) is 10.5 Å². The molecule has 2 rings (SSSR count). The first kappa shape index (κ1) is 15.7. The lowest BCUT2D eigenvalue weighted by atomic mass is 9.70. The fourth-order valence-electron chi connectivity index (χ4n) is 2.59. The molecule has 0 saturated heterocycles. The number of hydrogen-bond donors (Lipinski definition) is 0. The fraction of sp³-hybridized carbons (Fsp3) is 0.176. The summed E-state index contributed by atoms with van der Waals surface area (Å²) >= 11 is 11.7. The van der Waals surface area contributed by atoms with Crippen molar-refractivity contribution in [3.63, 3.8) is 0 Å². The zero-order valence-corrected chi connectivity index (χ0v) is 12.9. The normalized spacial score (nSPS) is 12.7. The van der Waals surface area contributed by atoms with Gasteiger partial charge in [-0.25, -0.2) is 0 Å². The van der Waals surface area contributed by atoms with Crippen LogP contribution < -0.4 is 0 Å². The van der Waals surface area contributed by atoms with E-state index in [0.717, 1.165) is 5.56 Å². The molecular weight excluding hydrogens is 307 g/mol. The van der Waals surface area contributed by atoms with Crippen molar-refractivity contribution in [2.24, 2.45) is 0 Å². The highest BCUT2D eigenvalue weighted by Gasteiger charge is 2.50. The molecule has 0 radical (unpaired) electrons. The van der Waals surface area contributed by atoms with Crippen molar-refractivity contribution in [2.75, 3.05) is 0 Å². The van der Waals surface area contributed by atoms with Crippen LogP contribution in [0.15, 0.2) is 60.7 Å². The third-order valence-corrected chi connectivity index (χ3v) is 4.39. The minimum Gasteiger partial charge on any atom is -0.280 e. The second-order valence-corrected chi connectivity index (χ2v) is 5.54. The SMILES string of the molecule is CC(c1ccccc1)C(C(=O)Cl)(C(=O)Cl)c1ccccc1. The number of halogens is 2. The summed E-state index contributed by atoms with van der Waals surface area (Å²) in [4.78, 5) is 24.4. The Morgan fingerprint density at radius 3 is 1.71 bits per heavy atom. The maximum Gasteiger partial charge on any atom is 0.241 e. The molecule has 0 fully saturated rings. The summed E-state index contributed by atoms with van der Waals surface area (Å²) in [6.45, 7) is 1.78. The van der Waals surface area contributed by atoms with Crippen molar-refractivity contribution in [3.05, 3.63) is 71.8 Å². The zero-order valence-electron chi connectivity index (χ0n) is 11.4. The van der Waals surface area contributed by atoms with E-state index in [1.165, 1.54) is 0 Å². The van der Waals surface area contributed by atoms with Crippen molar-refractivity contribution in [1.29, 1.82) is 0 Å². The number of benzene rings is 2. The van der Waals surface area contributed by atoms with Gasteiger partial charge < -0.3 is 0 Å². The first-order chi connectivity index (χ1) is 10.0. The molecule has 0 aliphatic heterocycles. The van der Waals surface area contributed by atoms with E-state index in [1.54, 1.807) is 37.3 Å². The van der Waals surface area contributed by atoms with Crippen LogP contribution in [0.2, 0.25) is 0 Å². The zero-order chi connectivity index (χ0) is 15.5. The molecule has 0 aromatic heterocycles. The lowest BCUT2D eigenvalue weighted by Crippen LogP contribution is -2.43. The summed E-state index contributed by atoms with van der Waals surface area (Å²) in [5.41, 5.74) is -0.267. The fourth-order valence-corrected chi connectivity index (χ4v) is 3.35. The Morgan fingerprint density at radius 1 is 0.857 bits per heavy atom. The minimum absolute atomic E-state index is 0.476. The highest BCUT2D eigenvalue weighted by Crippen LogP contribution is 2.42. The Balaban J connectivity index is 2.67. The molecule has 108 valence electrons. The van der Waals surface area contributed by atoms with Gasteiger partial charge >= 0.3 is 0 Å². The molecular formula is C17H14Cl2O2. The van der Waals surface area contributed by atoms with Crippen LogP contribution in [0, 0.1) is 0 Å². The molecule has 4 heteroatoms. The molecule has 0 bridgehead atoms. The largest absolute Gasteiger partial charge is 0.280 e. The molecule has 2 nitrogen and oxygen atoms in total. The number of carbonyl (C=O) groups excluding carboxylic acids is 2. The summed E-state index contributed by atoms with van der Waals surface area (Å²) in [6, 6.07) is 18.0. The van der Waals surface area contributed by atoms with Crippen LogP contribution in [0.1, 0.15) is 24.0 Å². The summed E-state index contributed by atoms with van der Waals surface area (Å²) in [6.07, 6.45) is 0. The second-order valence-electron chi connectivity index (χ2n) is 4.85. The van der Waals surface area contributed by atoms with Gasteiger partial charge in [-0.15, -0.1) is 0 Å². The van der Waals surface area contributed by atoms with Crippen LogP contribution in [0.4, 0.5) is 0 Å². The van der Waals surface area contributed by atoms with E-state index in [4.69, 9.17) is 23.2 Å². The quantitative estimate of drug-likeness (QED) is 0.609. The van der Waals surface area contributed by atoms with E-state index in [-0.39, 0.29) is 0 Å². The summed E-state index contributed by atoms with van der Waals surface area (Å²) < 4.78 is 0. The van der Waals surface area contributed by atoms with Gasteiger partial charge in [0.05, 0.1) is 0 Å². The van der Waals surface area contributed by atoms with E-state index in [2.05, 4.69) is 0 Å². The van der Waals surface area contributed by atoms with Crippen molar-refractivity contribution >= 4 is 33.7 Å². The third-order valence-electron chi connectivity index (χ3n) is 3.80. The average molecular weight is 321 g/mol. The van der Waals surface area contributed by atoms with Crippen LogP contribution in [0.5, 0.6) is 0 Å². The van der Waals surface area contributed by atoms with Gasteiger partial charge in [0.25, 0.3) is 0 Å². The standard InChI is InChI=1S/C17H14Cl2O2/c1-12(13-8-4-2-5-9-13)17(15(18)20,16(19)21)14-10-6-3-7-11-14/h2-12H,1H3. The van der Waals surface area contributed by atoms with E-state index < -0.39 is 21.8 Å². The number of rotatable bonds is 5. The van der Waals surface area contributed by atoms with E-state index in [9.17, 15) is 9.59 Å². The lowest BCUT2D eigenvalue weighted by molar-refractivity contribution is -0.127. The molecule has 0 aliphatic carbocycles. The van der Waals surface area contributed by atoms with E-state index in [0.29, 0.717) is 5.56 Å². The van der Waals surface area contributed by atoms with Gasteiger partial charge in [-0.3, -0.25) is 9.59 Å². The van der Waals surface area contributed by atoms with E-state index in [1.807, 2.05) is 30.3 Å². The van der Waals surface area contributed by atoms with Crippen molar-refractivity contribution in [1.82, 2.24) is 0 Å². The van der Waals surface area contributed by atoms with Gasteiger partial charge in [-0.2, -0.15) is 0 Å².